The second-order valence-electron chi connectivity index (χ2n) is 6.93. The number of nitrogens with one attached hydrogen (secondary N) is 2. The van der Waals surface area contributed by atoms with Gasteiger partial charge in [0.05, 0.1) is 19.5 Å². The van der Waals surface area contributed by atoms with Gasteiger partial charge in [0, 0.05) is 13.1 Å². The first-order chi connectivity index (χ1) is 13.7. The highest BCUT2D eigenvalue weighted by Crippen LogP contribution is 2.19. The molecule has 148 valence electrons. The van der Waals surface area contributed by atoms with Crippen LogP contribution in [-0.2, 0) is 6.42 Å². The number of benzene rings is 1. The molecule has 1 aliphatic carbocycles. The van der Waals surface area contributed by atoms with Crippen LogP contribution in [0.15, 0.2) is 48.3 Å². The summed E-state index contributed by atoms with van der Waals surface area (Å²) in [5.74, 6) is 1.32. The topological polar surface area (TPSA) is 76.1 Å². The van der Waals surface area contributed by atoms with Crippen molar-refractivity contribution in [2.45, 2.75) is 38.5 Å². The third-order valence-electron chi connectivity index (χ3n) is 4.88. The van der Waals surface area contributed by atoms with Crippen molar-refractivity contribution in [3.8, 4) is 5.75 Å². The number of nitrogens with zero attached hydrogens (tertiary/aromatic N) is 2. The van der Waals surface area contributed by atoms with Crippen LogP contribution in [0.2, 0.25) is 0 Å². The van der Waals surface area contributed by atoms with Crippen LogP contribution >= 0.6 is 0 Å². The molecule has 0 atom stereocenters. The Morgan fingerprint density at radius 1 is 1.07 bits per heavy atom. The van der Waals surface area contributed by atoms with Crippen molar-refractivity contribution in [2.24, 2.45) is 0 Å². The molecule has 0 aliphatic heterocycles. The molecule has 2 aromatic rings. The maximum atomic E-state index is 12.2. The molecule has 0 radical (unpaired) electrons. The predicted octanol–water partition coefficient (Wildman–Crippen LogP) is 3.76. The highest BCUT2D eigenvalue weighted by molar-refractivity contribution is 5.91. The number of methoxy groups -OCH3 is 1. The molecule has 2 N–H and O–H groups in total. The van der Waals surface area contributed by atoms with Gasteiger partial charge in [0.1, 0.15) is 17.3 Å². The van der Waals surface area contributed by atoms with Crippen LogP contribution in [0.5, 0.6) is 5.75 Å². The van der Waals surface area contributed by atoms with Gasteiger partial charge in [0.25, 0.3) is 5.91 Å². The van der Waals surface area contributed by atoms with Crippen LogP contribution in [0.3, 0.4) is 0 Å². The van der Waals surface area contributed by atoms with E-state index in [4.69, 9.17) is 4.74 Å². The van der Waals surface area contributed by atoms with Gasteiger partial charge in [0.15, 0.2) is 0 Å². The van der Waals surface area contributed by atoms with Crippen molar-refractivity contribution in [3.05, 3.63) is 59.6 Å². The molecule has 0 fully saturated rings. The number of anilines is 1. The predicted molar refractivity (Wildman–Crippen MR) is 111 cm³/mol. The number of carbonyl (C=O) groups excluding carboxylic acids is 1. The van der Waals surface area contributed by atoms with E-state index in [1.54, 1.807) is 13.3 Å². The van der Waals surface area contributed by atoms with E-state index in [2.05, 4.69) is 26.7 Å². The van der Waals surface area contributed by atoms with Crippen LogP contribution in [0.1, 0.15) is 48.2 Å². The van der Waals surface area contributed by atoms with Gasteiger partial charge in [-0.15, -0.1) is 0 Å². The fourth-order valence-electron chi connectivity index (χ4n) is 3.22. The Bertz CT molecular complexity index is 785. The van der Waals surface area contributed by atoms with Crippen LogP contribution in [0, 0.1) is 0 Å². The number of hydrogen-bond donors (Lipinski definition) is 2. The van der Waals surface area contributed by atoms with Gasteiger partial charge in [-0.05, 0) is 56.2 Å². The third-order valence-corrected chi connectivity index (χ3v) is 4.88. The number of hydrogen-bond acceptors (Lipinski definition) is 5. The van der Waals surface area contributed by atoms with E-state index in [0.29, 0.717) is 18.1 Å². The van der Waals surface area contributed by atoms with Crippen LogP contribution in [-0.4, -0.2) is 36.1 Å². The monoisotopic (exact) mass is 380 g/mol. The summed E-state index contributed by atoms with van der Waals surface area (Å²) in [6.07, 6.45) is 12.3. The minimum Gasteiger partial charge on any atom is -0.497 e. The fourth-order valence-corrected chi connectivity index (χ4v) is 3.22. The quantitative estimate of drug-likeness (QED) is 0.648. The number of amides is 1. The molecule has 6 nitrogen and oxygen atoms in total. The van der Waals surface area contributed by atoms with Crippen LogP contribution in [0.4, 0.5) is 5.82 Å². The Hall–Kier alpha value is -2.89. The van der Waals surface area contributed by atoms with Crippen LogP contribution < -0.4 is 15.4 Å². The number of aromatic nitrogens is 2. The summed E-state index contributed by atoms with van der Waals surface area (Å²) < 4.78 is 5.14. The smallest absolute Gasteiger partial charge is 0.271 e. The van der Waals surface area contributed by atoms with Crippen molar-refractivity contribution >= 4 is 11.7 Å². The standard InChI is InChI=1S/C22H28N4O2/c1-28-19-9-7-18(8-10-19)12-14-24-22(27)20-15-26-21(16-25-20)23-13-11-17-5-3-2-4-6-17/h5,7-10,15-16H,2-4,6,11-14H2,1H3,(H,23,26)(H,24,27). The van der Waals surface area contributed by atoms with E-state index in [-0.39, 0.29) is 5.91 Å². The zero-order valence-corrected chi connectivity index (χ0v) is 16.4. The molecular formula is C22H28N4O2. The SMILES string of the molecule is COc1ccc(CCNC(=O)c2cnc(NCCC3=CCCCC3)cn2)cc1. The second-order valence-corrected chi connectivity index (χ2v) is 6.93. The summed E-state index contributed by atoms with van der Waals surface area (Å²) in [4.78, 5) is 20.7. The van der Waals surface area contributed by atoms with Gasteiger partial charge < -0.3 is 15.4 Å². The summed E-state index contributed by atoms with van der Waals surface area (Å²) in [5.41, 5.74) is 3.00. The highest BCUT2D eigenvalue weighted by atomic mass is 16.5. The first-order valence-corrected chi connectivity index (χ1v) is 9.89. The Labute approximate surface area is 166 Å². The lowest BCUT2D eigenvalue weighted by Crippen LogP contribution is -2.26. The molecule has 3 rings (SSSR count). The minimum absolute atomic E-state index is 0.208. The molecule has 0 saturated carbocycles. The lowest BCUT2D eigenvalue weighted by Gasteiger charge is -2.13. The zero-order chi connectivity index (χ0) is 19.6. The molecule has 0 unspecified atom stereocenters. The Morgan fingerprint density at radius 2 is 1.93 bits per heavy atom. The number of carbonyl (C=O) groups is 1. The largest absolute Gasteiger partial charge is 0.497 e. The highest BCUT2D eigenvalue weighted by Gasteiger charge is 2.08. The Balaban J connectivity index is 1.39. The van der Waals surface area contributed by atoms with Gasteiger partial charge in [-0.3, -0.25) is 4.79 Å². The Kier molecular flexibility index (Phi) is 7.41. The van der Waals surface area contributed by atoms with Gasteiger partial charge >= 0.3 is 0 Å². The first kappa shape index (κ1) is 19.9. The first-order valence-electron chi connectivity index (χ1n) is 9.89. The second kappa shape index (κ2) is 10.4. The summed E-state index contributed by atoms with van der Waals surface area (Å²) >= 11 is 0. The molecular weight excluding hydrogens is 352 g/mol. The summed E-state index contributed by atoms with van der Waals surface area (Å²) in [7, 11) is 1.64. The molecule has 1 amide bonds. The van der Waals surface area contributed by atoms with E-state index in [1.165, 1.54) is 37.5 Å². The van der Waals surface area contributed by atoms with Crippen LogP contribution in [0.25, 0.3) is 0 Å². The lowest BCUT2D eigenvalue weighted by atomic mass is 9.97. The normalized spacial score (nSPS) is 13.5. The van der Waals surface area contributed by atoms with Crippen molar-refractivity contribution in [1.29, 1.82) is 0 Å². The zero-order valence-electron chi connectivity index (χ0n) is 16.4. The van der Waals surface area contributed by atoms with Gasteiger partial charge in [-0.2, -0.15) is 0 Å². The molecule has 1 aromatic heterocycles. The third kappa shape index (κ3) is 6.08. The maximum Gasteiger partial charge on any atom is 0.271 e. The van der Waals surface area contributed by atoms with E-state index in [9.17, 15) is 4.79 Å². The summed E-state index contributed by atoms with van der Waals surface area (Å²) in [5, 5.41) is 6.16. The molecule has 0 saturated heterocycles. The van der Waals surface area contributed by atoms with Gasteiger partial charge in [0.2, 0.25) is 0 Å². The van der Waals surface area contributed by atoms with E-state index >= 15 is 0 Å². The minimum atomic E-state index is -0.208. The van der Waals surface area contributed by atoms with Crippen molar-refractivity contribution in [3.63, 3.8) is 0 Å². The average Bonchev–Trinajstić information content (AvgIpc) is 2.75. The van der Waals surface area contributed by atoms with E-state index in [1.807, 2.05) is 24.3 Å². The average molecular weight is 380 g/mol. The fraction of sp³-hybridized carbons (Fsp3) is 0.409. The number of ether oxygens (including phenoxy) is 1. The number of allylic oxidation sites excluding steroid dienone is 1. The molecule has 0 spiro atoms. The molecule has 1 aliphatic rings. The van der Waals surface area contributed by atoms with Crippen molar-refractivity contribution in [2.75, 3.05) is 25.5 Å². The van der Waals surface area contributed by atoms with Gasteiger partial charge in [-0.1, -0.05) is 23.8 Å². The molecule has 1 aromatic carbocycles. The molecule has 0 bridgehead atoms. The van der Waals surface area contributed by atoms with E-state index in [0.717, 1.165) is 30.7 Å². The van der Waals surface area contributed by atoms with Crippen molar-refractivity contribution < 1.29 is 9.53 Å². The van der Waals surface area contributed by atoms with Crippen molar-refractivity contribution in [1.82, 2.24) is 15.3 Å². The number of rotatable bonds is 9. The summed E-state index contributed by atoms with van der Waals surface area (Å²) in [6, 6.07) is 7.82. The molecule has 6 heteroatoms. The Morgan fingerprint density at radius 3 is 2.61 bits per heavy atom. The lowest BCUT2D eigenvalue weighted by molar-refractivity contribution is 0.0949. The summed E-state index contributed by atoms with van der Waals surface area (Å²) in [6.45, 7) is 1.38. The molecule has 1 heterocycles. The van der Waals surface area contributed by atoms with E-state index < -0.39 is 0 Å². The maximum absolute atomic E-state index is 12.2. The molecule has 28 heavy (non-hydrogen) atoms. The van der Waals surface area contributed by atoms with Gasteiger partial charge in [-0.25, -0.2) is 9.97 Å².